The molecule has 11 rings (SSSR count). The van der Waals surface area contributed by atoms with Crippen molar-refractivity contribution in [2.45, 2.75) is 0 Å². The van der Waals surface area contributed by atoms with Crippen LogP contribution in [0.1, 0.15) is 20.6 Å². The highest BCUT2D eigenvalue weighted by Gasteiger charge is 2.25. The van der Waals surface area contributed by atoms with Gasteiger partial charge < -0.3 is 8.83 Å². The third kappa shape index (κ3) is 3.79. The molecular weight excluding hydrogens is 609 g/mol. The molecule has 0 atom stereocenters. The van der Waals surface area contributed by atoms with Gasteiger partial charge >= 0.3 is 0 Å². The Hall–Kier alpha value is -6.64. The molecule has 0 aliphatic carbocycles. The molecule has 2 nitrogen and oxygen atoms in total. The van der Waals surface area contributed by atoms with Crippen LogP contribution in [-0.2, 0) is 0 Å². The Labute approximate surface area is 308 Å². The van der Waals surface area contributed by atoms with Gasteiger partial charge in [-0.2, -0.15) is 0 Å². The molecule has 0 saturated carbocycles. The first-order valence-electron chi connectivity index (χ1n) is 23.4. The van der Waals surface area contributed by atoms with Crippen LogP contribution in [0.5, 0.6) is 0 Å². The summed E-state index contributed by atoms with van der Waals surface area (Å²) >= 11 is 0. The van der Waals surface area contributed by atoms with Gasteiger partial charge in [-0.25, -0.2) is 0 Å². The summed E-state index contributed by atoms with van der Waals surface area (Å²) in [7, 11) is 0. The van der Waals surface area contributed by atoms with E-state index in [1.54, 1.807) is 18.4 Å². The topological polar surface area (TPSA) is 26.3 Å². The average Bonchev–Trinajstić information content (AvgIpc) is 3.92. The molecule has 2 heteroatoms. The van der Waals surface area contributed by atoms with Gasteiger partial charge in [0.15, 0.2) is 0 Å². The Balaban J connectivity index is 1.45. The predicted octanol–water partition coefficient (Wildman–Crippen LogP) is 13.9. The minimum atomic E-state index is -0.779. The molecule has 0 aliphatic rings. The number of hydrogen-bond donors (Lipinski definition) is 0. The van der Waals surface area contributed by atoms with Gasteiger partial charge in [0.25, 0.3) is 0 Å². The molecule has 0 aliphatic heterocycles. The molecule has 2 heterocycles. The smallest absolute Gasteiger partial charge is 0.143 e. The molecule has 9 aromatic carbocycles. The first-order valence-corrected chi connectivity index (χ1v) is 15.9. The molecule has 0 amide bonds. The van der Waals surface area contributed by atoms with Crippen molar-refractivity contribution in [3.8, 4) is 33.4 Å². The Bertz CT molecular complexity index is 3930. The summed E-state index contributed by atoms with van der Waals surface area (Å²) in [4.78, 5) is 0. The second kappa shape index (κ2) is 10.4. The SMILES string of the molecule is [2H]c1c([2H])c([2H])c2c(-c3c4c([2H])c([2H])c([2H])c([2H])c4c(-c4cc5oc6ccccc6c5c5c(-c6cccc7ccccc67)coc45)c4c([2H])c([2H])c([2H])c([2H])c34)c([2H])c([2H])c([2H])c2c1[2H]. The van der Waals surface area contributed by atoms with Crippen molar-refractivity contribution in [3.05, 3.63) is 170 Å². The highest BCUT2D eigenvalue weighted by molar-refractivity contribution is 6.30. The summed E-state index contributed by atoms with van der Waals surface area (Å²) < 4.78 is 150. The summed E-state index contributed by atoms with van der Waals surface area (Å²) in [5.41, 5.74) is 1.63. The maximum atomic E-state index is 9.62. The normalized spacial score (nSPS) is 16.2. The molecule has 0 unspecified atom stereocenters. The molecule has 0 saturated heterocycles. The van der Waals surface area contributed by atoms with E-state index in [4.69, 9.17) is 22.5 Å². The van der Waals surface area contributed by atoms with Gasteiger partial charge in [-0.05, 0) is 71.9 Å². The molecule has 11 aromatic rings. The third-order valence-electron chi connectivity index (χ3n) is 9.47. The predicted molar refractivity (Wildman–Crippen MR) is 210 cm³/mol. The number of benzene rings is 9. The van der Waals surface area contributed by atoms with Gasteiger partial charge in [-0.1, -0.05) is 151 Å². The third-order valence-corrected chi connectivity index (χ3v) is 9.47. The van der Waals surface area contributed by atoms with Gasteiger partial charge in [-0.15, -0.1) is 0 Å². The van der Waals surface area contributed by atoms with Crippen LogP contribution >= 0.6 is 0 Å². The van der Waals surface area contributed by atoms with E-state index in [9.17, 15) is 6.85 Å². The summed E-state index contributed by atoms with van der Waals surface area (Å²) in [5, 5.41) is 1.65. The largest absolute Gasteiger partial charge is 0.463 e. The van der Waals surface area contributed by atoms with Gasteiger partial charge in [0.1, 0.15) is 16.7 Å². The van der Waals surface area contributed by atoms with E-state index < -0.39 is 113 Å². The van der Waals surface area contributed by atoms with E-state index in [0.717, 1.165) is 21.7 Å². The highest BCUT2D eigenvalue weighted by atomic mass is 16.3. The van der Waals surface area contributed by atoms with E-state index in [2.05, 4.69) is 0 Å². The lowest BCUT2D eigenvalue weighted by molar-refractivity contribution is 0.617. The van der Waals surface area contributed by atoms with Crippen molar-refractivity contribution in [3.63, 3.8) is 0 Å². The summed E-state index contributed by atoms with van der Waals surface area (Å²) in [6.07, 6.45) is 1.57. The van der Waals surface area contributed by atoms with Crippen LogP contribution in [0.25, 0.3) is 109 Å². The number of para-hydroxylation sites is 1. The van der Waals surface area contributed by atoms with E-state index in [1.165, 1.54) is 0 Å². The van der Waals surface area contributed by atoms with Crippen LogP contribution in [0, 0.1) is 0 Å². The van der Waals surface area contributed by atoms with Crippen LogP contribution in [-0.4, -0.2) is 0 Å². The quantitative estimate of drug-likeness (QED) is 0.178. The lowest BCUT2D eigenvalue weighted by Gasteiger charge is -2.19. The van der Waals surface area contributed by atoms with Crippen molar-refractivity contribution in [2.24, 2.45) is 0 Å². The van der Waals surface area contributed by atoms with Crippen LogP contribution in [0.3, 0.4) is 0 Å². The number of hydrogen-bond acceptors (Lipinski definition) is 2. The number of furan rings is 2. The minimum absolute atomic E-state index is 0.0927. The van der Waals surface area contributed by atoms with Gasteiger partial charge in [-0.3, -0.25) is 0 Å². The second-order valence-corrected chi connectivity index (χ2v) is 12.0. The molecule has 232 valence electrons. The standard InChI is InChI=1S/C48H28O2/c1-3-17-31-29(13-1)15-11-24-33(31)41-28-49-48-40(27-43-46(47(41)48)39-23-9-10-26-42(39)50-43)45-37-21-7-5-19-35(37)44(36-20-6-8-22-38(36)45)34-25-12-16-30-14-2-4-18-32(30)34/h1-28H/i2D,4D,5D,6D,7D,8D,12D,14D,16D,18D,19D,20D,21D,22D,25D. The lowest BCUT2D eigenvalue weighted by Crippen LogP contribution is -1.92. The maximum absolute atomic E-state index is 9.62. The Kier molecular flexibility index (Phi) is 3.47. The number of rotatable bonds is 3. The van der Waals surface area contributed by atoms with Crippen LogP contribution in [0.4, 0.5) is 0 Å². The molecule has 2 aromatic heterocycles. The van der Waals surface area contributed by atoms with E-state index in [0.29, 0.717) is 27.5 Å². The molecule has 0 N–H and O–H groups in total. The molecule has 0 bridgehead atoms. The zero-order valence-electron chi connectivity index (χ0n) is 40.8. The lowest BCUT2D eigenvalue weighted by atomic mass is 9.84. The van der Waals surface area contributed by atoms with Crippen molar-refractivity contribution < 1.29 is 29.4 Å². The van der Waals surface area contributed by atoms with Crippen molar-refractivity contribution in [2.75, 3.05) is 0 Å². The fraction of sp³-hybridized carbons (Fsp3) is 0. The van der Waals surface area contributed by atoms with E-state index in [-0.39, 0.29) is 38.3 Å². The Morgan fingerprint density at radius 1 is 0.400 bits per heavy atom. The first kappa shape index (κ1) is 16.6. The summed E-state index contributed by atoms with van der Waals surface area (Å²) in [6.45, 7) is 0. The van der Waals surface area contributed by atoms with Gasteiger partial charge in [0.2, 0.25) is 0 Å². The van der Waals surface area contributed by atoms with Crippen LogP contribution in [0.15, 0.2) is 179 Å². The van der Waals surface area contributed by atoms with Gasteiger partial charge in [0, 0.05) is 32.8 Å². The highest BCUT2D eigenvalue weighted by Crippen LogP contribution is 2.51. The molecule has 0 radical (unpaired) electrons. The zero-order valence-corrected chi connectivity index (χ0v) is 25.8. The minimum Gasteiger partial charge on any atom is -0.463 e. The van der Waals surface area contributed by atoms with E-state index >= 15 is 0 Å². The molecule has 0 spiro atoms. The van der Waals surface area contributed by atoms with Crippen molar-refractivity contribution in [1.29, 1.82) is 0 Å². The van der Waals surface area contributed by atoms with Crippen molar-refractivity contribution >= 4 is 76.0 Å². The second-order valence-electron chi connectivity index (χ2n) is 12.0. The fourth-order valence-corrected chi connectivity index (χ4v) is 7.41. The first-order chi connectivity index (χ1) is 31.1. The zero-order chi connectivity index (χ0) is 45.8. The fourth-order valence-electron chi connectivity index (χ4n) is 7.41. The van der Waals surface area contributed by atoms with Crippen LogP contribution < -0.4 is 0 Å². The van der Waals surface area contributed by atoms with Gasteiger partial charge in [0.05, 0.1) is 26.8 Å². The Morgan fingerprint density at radius 3 is 1.80 bits per heavy atom. The number of fused-ring (bicyclic) bond motifs is 9. The summed E-state index contributed by atoms with van der Waals surface area (Å²) in [6, 6.07) is 11.9. The molecule has 50 heavy (non-hydrogen) atoms. The average molecular weight is 652 g/mol. The molecule has 0 fully saturated rings. The Morgan fingerprint density at radius 2 is 1.02 bits per heavy atom. The summed E-state index contributed by atoms with van der Waals surface area (Å²) in [5.74, 6) is 0. The van der Waals surface area contributed by atoms with Crippen LogP contribution in [0.2, 0.25) is 0 Å². The van der Waals surface area contributed by atoms with Crippen molar-refractivity contribution in [1.82, 2.24) is 0 Å². The van der Waals surface area contributed by atoms with E-state index in [1.807, 2.05) is 60.7 Å². The maximum Gasteiger partial charge on any atom is 0.143 e. The monoisotopic (exact) mass is 651 g/mol. The molecular formula is C48H28O2.